The Morgan fingerprint density at radius 1 is 0.180 bits per heavy atom. The largest absolute Gasteiger partial charge is 0.0622 e. The van der Waals surface area contributed by atoms with Gasteiger partial charge in [-0.15, -0.1) is 0 Å². The molecule has 10 rings (SSSR count). The van der Waals surface area contributed by atoms with Gasteiger partial charge in [-0.2, -0.15) is 0 Å². The Morgan fingerprint density at radius 3 is 1.24 bits per heavy atom. The van der Waals surface area contributed by atoms with Crippen LogP contribution in [0.25, 0.3) is 98.4 Å². The predicted octanol–water partition coefficient (Wildman–Crippen LogP) is 14.1. The van der Waals surface area contributed by atoms with E-state index in [-0.39, 0.29) is 0 Å². The zero-order chi connectivity index (χ0) is 33.0. The van der Waals surface area contributed by atoms with Crippen molar-refractivity contribution < 1.29 is 0 Å². The van der Waals surface area contributed by atoms with Crippen LogP contribution in [0.4, 0.5) is 0 Å². The molecule has 50 heavy (non-hydrogen) atoms. The van der Waals surface area contributed by atoms with Crippen LogP contribution < -0.4 is 0 Å². The minimum Gasteiger partial charge on any atom is -0.0622 e. The number of benzene rings is 10. The highest BCUT2D eigenvalue weighted by atomic mass is 14.2. The van der Waals surface area contributed by atoms with Gasteiger partial charge in [0.2, 0.25) is 0 Å². The molecule has 0 nitrogen and oxygen atoms in total. The van der Waals surface area contributed by atoms with Crippen LogP contribution >= 0.6 is 0 Å². The lowest BCUT2D eigenvalue weighted by Crippen LogP contribution is -1.93. The van der Waals surface area contributed by atoms with Gasteiger partial charge in [-0.3, -0.25) is 0 Å². The zero-order valence-corrected chi connectivity index (χ0v) is 27.5. The molecule has 0 amide bonds. The average molecular weight is 633 g/mol. The minimum atomic E-state index is 1.22. The third kappa shape index (κ3) is 4.69. The molecule has 0 heterocycles. The zero-order valence-electron chi connectivity index (χ0n) is 27.5. The van der Waals surface area contributed by atoms with E-state index in [1.165, 1.54) is 98.4 Å². The van der Waals surface area contributed by atoms with E-state index in [2.05, 4.69) is 194 Å². The van der Waals surface area contributed by atoms with Crippen LogP contribution in [0.3, 0.4) is 0 Å². The second kappa shape index (κ2) is 11.6. The first-order valence-electron chi connectivity index (χ1n) is 17.3. The summed E-state index contributed by atoms with van der Waals surface area (Å²) < 4.78 is 0. The second-order valence-corrected chi connectivity index (χ2v) is 13.3. The molecule has 0 bridgehead atoms. The minimum absolute atomic E-state index is 1.22. The molecule has 0 N–H and O–H groups in total. The van der Waals surface area contributed by atoms with Crippen molar-refractivity contribution in [3.8, 4) is 44.5 Å². The first-order valence-corrected chi connectivity index (χ1v) is 17.3. The molecular weight excluding hydrogens is 601 g/mol. The molecule has 232 valence electrons. The smallest absolute Gasteiger partial charge is 0.00259 e. The van der Waals surface area contributed by atoms with Crippen molar-refractivity contribution in [1.29, 1.82) is 0 Å². The summed E-state index contributed by atoms with van der Waals surface area (Å²) in [5.74, 6) is 0. The Hall–Kier alpha value is -6.50. The SMILES string of the molecule is c1ccc(-c2ccc3c(-c4ccc5c(ccc6ccccc65)c4)c4cc(-c5ccccc5)ccc4c(-c4ccc5ccccc5c4)c3c2)cc1. The van der Waals surface area contributed by atoms with Crippen molar-refractivity contribution in [2.45, 2.75) is 0 Å². The summed E-state index contributed by atoms with van der Waals surface area (Å²) in [6.07, 6.45) is 0. The summed E-state index contributed by atoms with van der Waals surface area (Å²) >= 11 is 0. The van der Waals surface area contributed by atoms with Gasteiger partial charge >= 0.3 is 0 Å². The van der Waals surface area contributed by atoms with E-state index in [9.17, 15) is 0 Å². The van der Waals surface area contributed by atoms with Gasteiger partial charge in [0.25, 0.3) is 0 Å². The fourth-order valence-electron chi connectivity index (χ4n) is 7.98. The molecule has 0 saturated carbocycles. The maximum absolute atomic E-state index is 2.42. The molecule has 0 saturated heterocycles. The maximum Gasteiger partial charge on any atom is -0.00259 e. The average Bonchev–Trinajstić information content (AvgIpc) is 3.19. The van der Waals surface area contributed by atoms with Crippen molar-refractivity contribution in [2.75, 3.05) is 0 Å². The number of hydrogen-bond acceptors (Lipinski definition) is 0. The molecule has 0 aliphatic carbocycles. The number of hydrogen-bond donors (Lipinski definition) is 0. The number of fused-ring (bicyclic) bond motifs is 6. The topological polar surface area (TPSA) is 0 Å². The van der Waals surface area contributed by atoms with Crippen LogP contribution in [-0.2, 0) is 0 Å². The molecule has 0 radical (unpaired) electrons. The molecule has 10 aromatic carbocycles. The van der Waals surface area contributed by atoms with E-state index in [4.69, 9.17) is 0 Å². The van der Waals surface area contributed by atoms with Crippen LogP contribution in [0.2, 0.25) is 0 Å². The fourth-order valence-corrected chi connectivity index (χ4v) is 7.98. The van der Waals surface area contributed by atoms with E-state index in [1.54, 1.807) is 0 Å². The summed E-state index contributed by atoms with van der Waals surface area (Å²) in [6.45, 7) is 0. The van der Waals surface area contributed by atoms with Crippen molar-refractivity contribution in [3.05, 3.63) is 194 Å². The molecule has 0 atom stereocenters. The van der Waals surface area contributed by atoms with E-state index < -0.39 is 0 Å². The third-order valence-corrected chi connectivity index (χ3v) is 10.4. The third-order valence-electron chi connectivity index (χ3n) is 10.4. The molecule has 10 aromatic rings. The van der Waals surface area contributed by atoms with E-state index in [0.29, 0.717) is 0 Å². The van der Waals surface area contributed by atoms with E-state index >= 15 is 0 Å². The highest BCUT2D eigenvalue weighted by Crippen LogP contribution is 2.47. The molecule has 0 spiro atoms. The Balaban J connectivity index is 1.34. The van der Waals surface area contributed by atoms with Gasteiger partial charge in [-0.1, -0.05) is 170 Å². The highest BCUT2D eigenvalue weighted by molar-refractivity contribution is 6.23. The molecule has 0 aliphatic rings. The summed E-state index contributed by atoms with van der Waals surface area (Å²) in [6, 6.07) is 71.5. The van der Waals surface area contributed by atoms with Gasteiger partial charge in [0.1, 0.15) is 0 Å². The van der Waals surface area contributed by atoms with Gasteiger partial charge in [-0.05, 0) is 123 Å². The van der Waals surface area contributed by atoms with Crippen LogP contribution in [0, 0.1) is 0 Å². The molecule has 0 heteroatoms. The quantitative estimate of drug-likeness (QED) is 0.134. The first-order chi connectivity index (χ1) is 24.8. The molecule has 0 aliphatic heterocycles. The van der Waals surface area contributed by atoms with Crippen LogP contribution in [0.15, 0.2) is 194 Å². The van der Waals surface area contributed by atoms with Gasteiger partial charge < -0.3 is 0 Å². The van der Waals surface area contributed by atoms with Crippen molar-refractivity contribution in [2.24, 2.45) is 0 Å². The molecule has 0 aromatic heterocycles. The Labute approximate surface area is 291 Å². The van der Waals surface area contributed by atoms with Crippen LogP contribution in [0.1, 0.15) is 0 Å². The summed E-state index contributed by atoms with van der Waals surface area (Å²) in [5, 5.41) is 12.6. The molecule has 0 fully saturated rings. The molecule has 0 unspecified atom stereocenters. The van der Waals surface area contributed by atoms with Gasteiger partial charge in [0.05, 0.1) is 0 Å². The lowest BCUT2D eigenvalue weighted by Gasteiger charge is -2.20. The summed E-state index contributed by atoms with van der Waals surface area (Å²) in [7, 11) is 0. The summed E-state index contributed by atoms with van der Waals surface area (Å²) in [4.78, 5) is 0. The predicted molar refractivity (Wildman–Crippen MR) is 216 cm³/mol. The second-order valence-electron chi connectivity index (χ2n) is 13.3. The Bertz CT molecular complexity index is 2900. The van der Waals surface area contributed by atoms with Crippen molar-refractivity contribution >= 4 is 53.9 Å². The highest BCUT2D eigenvalue weighted by Gasteiger charge is 2.19. The molecular formula is C50H32. The van der Waals surface area contributed by atoms with Crippen LogP contribution in [0.5, 0.6) is 0 Å². The maximum atomic E-state index is 2.42. The van der Waals surface area contributed by atoms with Gasteiger partial charge in [-0.25, -0.2) is 0 Å². The van der Waals surface area contributed by atoms with Crippen molar-refractivity contribution in [3.63, 3.8) is 0 Å². The van der Waals surface area contributed by atoms with Crippen LogP contribution in [-0.4, -0.2) is 0 Å². The lowest BCUT2D eigenvalue weighted by atomic mass is 9.83. The summed E-state index contributed by atoms with van der Waals surface area (Å²) in [5.41, 5.74) is 9.88. The van der Waals surface area contributed by atoms with E-state index in [0.717, 1.165) is 0 Å². The lowest BCUT2D eigenvalue weighted by molar-refractivity contribution is 1.63. The normalized spacial score (nSPS) is 11.6. The first kappa shape index (κ1) is 28.5. The van der Waals surface area contributed by atoms with Gasteiger partial charge in [0.15, 0.2) is 0 Å². The Morgan fingerprint density at radius 2 is 0.600 bits per heavy atom. The fraction of sp³-hybridized carbons (Fsp3) is 0. The van der Waals surface area contributed by atoms with E-state index in [1.807, 2.05) is 0 Å². The Kier molecular flexibility index (Phi) is 6.60. The standard InChI is InChI=1S/C50H32/c1-3-11-33(12-4-1)38-24-28-46-47(31-38)49(41-22-19-35-15-7-8-17-37(35)29-41)45-27-23-39(34-13-5-2-6-14-34)32-48(45)50(46)42-25-26-44-40(30-42)21-20-36-16-9-10-18-43(36)44/h1-32H. The monoisotopic (exact) mass is 632 g/mol. The van der Waals surface area contributed by atoms with Crippen molar-refractivity contribution in [1.82, 2.24) is 0 Å². The number of rotatable bonds is 4. The van der Waals surface area contributed by atoms with Gasteiger partial charge in [0, 0.05) is 0 Å².